The second-order valence-corrected chi connectivity index (χ2v) is 2.64. The lowest BCUT2D eigenvalue weighted by atomic mass is 10.2. The summed E-state index contributed by atoms with van der Waals surface area (Å²) in [5.41, 5.74) is 0.361. The van der Waals surface area contributed by atoms with Gasteiger partial charge in [0.25, 0.3) is 0 Å². The monoisotopic (exact) mass is 204 g/mol. The fraction of sp³-hybridized carbons (Fsp3) is 0.182. The number of carbonyl (C=O) groups is 1. The largest absolute Gasteiger partial charge is 0.462 e. The lowest BCUT2D eigenvalue weighted by Gasteiger charge is -1.99. The predicted octanol–water partition coefficient (Wildman–Crippen LogP) is 1.14. The molecular formula is C11H10NO3. The Bertz CT molecular complexity index is 371. The van der Waals surface area contributed by atoms with Crippen molar-refractivity contribution < 1.29 is 14.3 Å². The second kappa shape index (κ2) is 5.70. The highest BCUT2D eigenvalue weighted by atomic mass is 16.5. The summed E-state index contributed by atoms with van der Waals surface area (Å²) in [7, 11) is 0. The SMILES string of the molecule is CCOC(=O)C([C]=O)=Cc1ccccn1. The van der Waals surface area contributed by atoms with Gasteiger partial charge in [0.1, 0.15) is 5.57 Å². The zero-order valence-corrected chi connectivity index (χ0v) is 8.27. The summed E-state index contributed by atoms with van der Waals surface area (Å²) in [6.07, 6.45) is 4.44. The maximum Gasteiger partial charge on any atom is 0.342 e. The molecule has 1 aromatic rings. The Kier molecular flexibility index (Phi) is 4.22. The van der Waals surface area contributed by atoms with Gasteiger partial charge in [0, 0.05) is 6.20 Å². The van der Waals surface area contributed by atoms with Gasteiger partial charge in [0.2, 0.25) is 6.29 Å². The van der Waals surface area contributed by atoms with Crippen LogP contribution in [0.3, 0.4) is 0 Å². The molecule has 0 saturated carbocycles. The molecule has 0 atom stereocenters. The number of esters is 1. The number of hydrogen-bond donors (Lipinski definition) is 0. The lowest BCUT2D eigenvalue weighted by molar-refractivity contribution is -0.137. The van der Waals surface area contributed by atoms with Crippen LogP contribution in [0.4, 0.5) is 0 Å². The van der Waals surface area contributed by atoms with Gasteiger partial charge in [0.05, 0.1) is 12.3 Å². The Balaban J connectivity index is 2.87. The van der Waals surface area contributed by atoms with E-state index in [1.807, 2.05) is 0 Å². The molecule has 1 radical (unpaired) electrons. The van der Waals surface area contributed by atoms with Crippen LogP contribution < -0.4 is 0 Å². The minimum absolute atomic E-state index is 0.157. The number of nitrogens with zero attached hydrogens (tertiary/aromatic N) is 1. The smallest absolute Gasteiger partial charge is 0.342 e. The van der Waals surface area contributed by atoms with Crippen molar-refractivity contribution in [1.29, 1.82) is 0 Å². The van der Waals surface area contributed by atoms with Gasteiger partial charge in [-0.05, 0) is 25.1 Å². The summed E-state index contributed by atoms with van der Waals surface area (Å²) in [5, 5.41) is 0. The van der Waals surface area contributed by atoms with Crippen molar-refractivity contribution in [3.63, 3.8) is 0 Å². The first-order valence-electron chi connectivity index (χ1n) is 4.46. The Morgan fingerprint density at radius 3 is 2.93 bits per heavy atom. The van der Waals surface area contributed by atoms with Crippen molar-refractivity contribution in [1.82, 2.24) is 4.98 Å². The second-order valence-electron chi connectivity index (χ2n) is 2.64. The molecular weight excluding hydrogens is 194 g/mol. The summed E-state index contributed by atoms with van der Waals surface area (Å²) in [4.78, 5) is 25.6. The topological polar surface area (TPSA) is 56.3 Å². The summed E-state index contributed by atoms with van der Waals surface area (Å²) in [6, 6.07) is 5.18. The van der Waals surface area contributed by atoms with Crippen molar-refractivity contribution >= 4 is 18.3 Å². The Morgan fingerprint density at radius 1 is 1.60 bits per heavy atom. The van der Waals surface area contributed by atoms with Crippen LogP contribution in [-0.4, -0.2) is 23.8 Å². The molecule has 0 saturated heterocycles. The standard InChI is InChI=1S/C11H10NO3/c1-2-15-11(14)9(8-13)7-10-5-3-4-6-12-10/h3-7H,2H2,1H3. The molecule has 4 heteroatoms. The van der Waals surface area contributed by atoms with Crippen molar-refractivity contribution in [2.24, 2.45) is 0 Å². The Labute approximate surface area is 87.6 Å². The van der Waals surface area contributed by atoms with Gasteiger partial charge in [-0.1, -0.05) is 6.07 Å². The van der Waals surface area contributed by atoms with E-state index in [1.54, 1.807) is 31.3 Å². The molecule has 0 aromatic carbocycles. The number of aromatic nitrogens is 1. The molecule has 1 aromatic heterocycles. The molecule has 0 aliphatic carbocycles. The molecule has 4 nitrogen and oxygen atoms in total. The third-order valence-corrected chi connectivity index (χ3v) is 1.59. The van der Waals surface area contributed by atoms with E-state index in [0.29, 0.717) is 5.69 Å². The van der Waals surface area contributed by atoms with Crippen molar-refractivity contribution in [3.05, 3.63) is 35.7 Å². The minimum atomic E-state index is -0.682. The van der Waals surface area contributed by atoms with Gasteiger partial charge >= 0.3 is 5.97 Å². The molecule has 15 heavy (non-hydrogen) atoms. The summed E-state index contributed by atoms with van der Waals surface area (Å²) in [5.74, 6) is -0.682. The fourth-order valence-electron chi connectivity index (χ4n) is 0.948. The van der Waals surface area contributed by atoms with E-state index in [-0.39, 0.29) is 12.2 Å². The van der Waals surface area contributed by atoms with Crippen LogP contribution in [0.15, 0.2) is 30.0 Å². The fourth-order valence-corrected chi connectivity index (χ4v) is 0.948. The zero-order chi connectivity index (χ0) is 11.1. The third-order valence-electron chi connectivity index (χ3n) is 1.59. The van der Waals surface area contributed by atoms with Gasteiger partial charge < -0.3 is 4.74 Å². The number of hydrogen-bond acceptors (Lipinski definition) is 4. The van der Waals surface area contributed by atoms with E-state index in [9.17, 15) is 9.59 Å². The van der Waals surface area contributed by atoms with Gasteiger partial charge in [-0.25, -0.2) is 4.79 Å². The Hall–Kier alpha value is -1.97. The van der Waals surface area contributed by atoms with Crippen molar-refractivity contribution in [2.45, 2.75) is 6.92 Å². The highest BCUT2D eigenvalue weighted by Gasteiger charge is 2.10. The van der Waals surface area contributed by atoms with E-state index < -0.39 is 5.97 Å². The quantitative estimate of drug-likeness (QED) is 0.319. The zero-order valence-electron chi connectivity index (χ0n) is 8.27. The maximum atomic E-state index is 11.2. The van der Waals surface area contributed by atoms with Crippen LogP contribution in [0, 0.1) is 0 Å². The summed E-state index contributed by atoms with van der Waals surface area (Å²) < 4.78 is 4.67. The molecule has 0 spiro atoms. The first-order chi connectivity index (χ1) is 7.27. The van der Waals surface area contributed by atoms with Crippen LogP contribution in [-0.2, 0) is 14.3 Å². The normalized spacial score (nSPS) is 10.9. The van der Waals surface area contributed by atoms with Crippen LogP contribution >= 0.6 is 0 Å². The average molecular weight is 204 g/mol. The molecule has 0 N–H and O–H groups in total. The summed E-state index contributed by atoms with van der Waals surface area (Å²) in [6.45, 7) is 1.89. The van der Waals surface area contributed by atoms with E-state index in [1.165, 1.54) is 12.4 Å². The number of ether oxygens (including phenoxy) is 1. The number of pyridine rings is 1. The van der Waals surface area contributed by atoms with Gasteiger partial charge in [0.15, 0.2) is 0 Å². The van der Waals surface area contributed by atoms with E-state index in [4.69, 9.17) is 0 Å². The lowest BCUT2D eigenvalue weighted by Crippen LogP contribution is -2.08. The van der Waals surface area contributed by atoms with Gasteiger partial charge in [-0.2, -0.15) is 0 Å². The van der Waals surface area contributed by atoms with Crippen LogP contribution in [0.5, 0.6) is 0 Å². The number of rotatable bonds is 4. The molecule has 0 fully saturated rings. The van der Waals surface area contributed by atoms with E-state index >= 15 is 0 Å². The van der Waals surface area contributed by atoms with Crippen molar-refractivity contribution in [3.8, 4) is 0 Å². The molecule has 0 unspecified atom stereocenters. The minimum Gasteiger partial charge on any atom is -0.462 e. The van der Waals surface area contributed by atoms with E-state index in [2.05, 4.69) is 9.72 Å². The molecule has 0 aliphatic heterocycles. The molecule has 1 rings (SSSR count). The first-order valence-corrected chi connectivity index (χ1v) is 4.46. The van der Waals surface area contributed by atoms with Gasteiger partial charge in [-0.3, -0.25) is 9.78 Å². The molecule has 0 bridgehead atoms. The molecule has 1 heterocycles. The number of carbonyl (C=O) groups excluding carboxylic acids is 2. The first kappa shape index (κ1) is 11.1. The van der Waals surface area contributed by atoms with Gasteiger partial charge in [-0.15, -0.1) is 0 Å². The van der Waals surface area contributed by atoms with Crippen molar-refractivity contribution in [2.75, 3.05) is 6.61 Å². The van der Waals surface area contributed by atoms with Crippen LogP contribution in [0.25, 0.3) is 6.08 Å². The maximum absolute atomic E-state index is 11.2. The van der Waals surface area contributed by atoms with E-state index in [0.717, 1.165) is 0 Å². The van der Waals surface area contributed by atoms with Crippen LogP contribution in [0.2, 0.25) is 0 Å². The molecule has 0 amide bonds. The molecule has 77 valence electrons. The predicted molar refractivity (Wildman–Crippen MR) is 54.5 cm³/mol. The summed E-state index contributed by atoms with van der Waals surface area (Å²) >= 11 is 0. The highest BCUT2D eigenvalue weighted by Crippen LogP contribution is 2.03. The van der Waals surface area contributed by atoms with Crippen LogP contribution in [0.1, 0.15) is 12.6 Å². The average Bonchev–Trinajstić information content (AvgIpc) is 2.27. The molecule has 0 aliphatic rings. The Morgan fingerprint density at radius 2 is 2.40 bits per heavy atom. The highest BCUT2D eigenvalue weighted by molar-refractivity contribution is 6.11. The third kappa shape index (κ3) is 3.34.